The molecule has 154 valence electrons. The van der Waals surface area contributed by atoms with Gasteiger partial charge in [0.1, 0.15) is 27.6 Å². The molecule has 2 aliphatic heterocycles. The van der Waals surface area contributed by atoms with Gasteiger partial charge in [0.05, 0.1) is 31.3 Å². The Bertz CT molecular complexity index is 1120. The third-order valence-electron chi connectivity index (χ3n) is 5.63. The number of pyridine rings is 1. The second kappa shape index (κ2) is 7.03. The van der Waals surface area contributed by atoms with Gasteiger partial charge in [0, 0.05) is 13.6 Å². The second-order valence-electron chi connectivity index (χ2n) is 7.17. The molecule has 0 unspecified atom stereocenters. The van der Waals surface area contributed by atoms with E-state index >= 15 is 0 Å². The SMILES string of the molecule is CC[C@]12COCCN1c1nc(-c3snnc3-c3ccc(F)cn3)ncc1N(C)C2=O. The summed E-state index contributed by atoms with van der Waals surface area (Å²) in [5.41, 5.74) is 0.847. The highest BCUT2D eigenvalue weighted by Gasteiger charge is 2.52. The molecule has 3 aromatic heterocycles. The number of likely N-dealkylation sites (N-methyl/N-ethyl adjacent to an activating group) is 1. The average Bonchev–Trinajstić information content (AvgIpc) is 3.27. The number of morpholine rings is 1. The van der Waals surface area contributed by atoms with Gasteiger partial charge in [0.25, 0.3) is 5.91 Å². The van der Waals surface area contributed by atoms with Gasteiger partial charge in [-0.25, -0.2) is 14.4 Å². The van der Waals surface area contributed by atoms with Crippen molar-refractivity contribution >= 4 is 28.9 Å². The fraction of sp³-hybridized carbons (Fsp3) is 0.368. The minimum absolute atomic E-state index is 0.0239. The molecule has 0 saturated carbocycles. The fourth-order valence-electron chi connectivity index (χ4n) is 3.97. The summed E-state index contributed by atoms with van der Waals surface area (Å²) in [5.74, 6) is 0.663. The molecule has 5 rings (SSSR count). The predicted molar refractivity (Wildman–Crippen MR) is 109 cm³/mol. The van der Waals surface area contributed by atoms with Gasteiger partial charge < -0.3 is 14.5 Å². The van der Waals surface area contributed by atoms with Crippen LogP contribution in [0.2, 0.25) is 0 Å². The van der Waals surface area contributed by atoms with Crippen LogP contribution in [0, 0.1) is 5.82 Å². The maximum absolute atomic E-state index is 13.3. The first-order chi connectivity index (χ1) is 14.5. The molecule has 2 aliphatic rings. The molecule has 1 amide bonds. The average molecular weight is 427 g/mol. The van der Waals surface area contributed by atoms with Crippen molar-refractivity contribution in [3.8, 4) is 22.1 Å². The highest BCUT2D eigenvalue weighted by molar-refractivity contribution is 7.09. The van der Waals surface area contributed by atoms with E-state index in [1.54, 1.807) is 24.2 Å². The van der Waals surface area contributed by atoms with Crippen LogP contribution in [-0.4, -0.2) is 62.8 Å². The Hall–Kier alpha value is -3.05. The monoisotopic (exact) mass is 427 g/mol. The van der Waals surface area contributed by atoms with Crippen molar-refractivity contribution in [2.45, 2.75) is 18.9 Å². The number of carbonyl (C=O) groups excluding carboxylic acids is 1. The number of nitrogens with zero attached hydrogens (tertiary/aromatic N) is 7. The first-order valence-electron chi connectivity index (χ1n) is 9.50. The van der Waals surface area contributed by atoms with Gasteiger partial charge in [-0.05, 0) is 30.1 Å². The number of hydrogen-bond donors (Lipinski definition) is 0. The molecule has 3 aromatic rings. The number of halogens is 1. The summed E-state index contributed by atoms with van der Waals surface area (Å²) in [5, 5.41) is 4.15. The van der Waals surface area contributed by atoms with Gasteiger partial charge in [-0.15, -0.1) is 5.10 Å². The van der Waals surface area contributed by atoms with Crippen LogP contribution in [0.4, 0.5) is 15.9 Å². The van der Waals surface area contributed by atoms with Crippen LogP contribution in [0.5, 0.6) is 0 Å². The Morgan fingerprint density at radius 2 is 2.17 bits per heavy atom. The minimum Gasteiger partial charge on any atom is -0.377 e. The molecule has 5 heterocycles. The molecular weight excluding hydrogens is 409 g/mol. The zero-order chi connectivity index (χ0) is 20.9. The van der Waals surface area contributed by atoms with Crippen molar-refractivity contribution in [2.24, 2.45) is 0 Å². The standard InChI is InChI=1S/C19H18FN7O2S/c1-3-19-10-29-7-6-27(19)17-13(26(2)18(19)28)9-22-16(23-17)15-14(24-25-30-15)12-5-4-11(20)8-21-12/h4-5,8-9H,3,6-7,10H2,1-2H3/t19-/m1/s1. The van der Waals surface area contributed by atoms with Gasteiger partial charge >= 0.3 is 0 Å². The van der Waals surface area contributed by atoms with E-state index in [0.717, 1.165) is 17.7 Å². The fourth-order valence-corrected chi connectivity index (χ4v) is 4.59. The number of fused-ring (bicyclic) bond motifs is 3. The smallest absolute Gasteiger partial charge is 0.255 e. The van der Waals surface area contributed by atoms with E-state index in [0.29, 0.717) is 59.8 Å². The molecule has 30 heavy (non-hydrogen) atoms. The number of ether oxygens (including phenoxy) is 1. The van der Waals surface area contributed by atoms with Gasteiger partial charge in [-0.3, -0.25) is 9.78 Å². The molecular formula is C19H18FN7O2S. The Labute approximate surface area is 175 Å². The number of rotatable bonds is 3. The summed E-state index contributed by atoms with van der Waals surface area (Å²) < 4.78 is 23.0. The molecule has 0 aliphatic carbocycles. The van der Waals surface area contributed by atoms with Gasteiger partial charge in [0.15, 0.2) is 11.6 Å². The van der Waals surface area contributed by atoms with Crippen molar-refractivity contribution in [1.82, 2.24) is 24.5 Å². The molecule has 9 nitrogen and oxygen atoms in total. The summed E-state index contributed by atoms with van der Waals surface area (Å²) in [7, 11) is 1.73. The second-order valence-corrected chi connectivity index (χ2v) is 7.92. The minimum atomic E-state index is -0.779. The summed E-state index contributed by atoms with van der Waals surface area (Å²) in [6.45, 7) is 3.37. The highest BCUT2D eigenvalue weighted by Crippen LogP contribution is 2.42. The van der Waals surface area contributed by atoms with Crippen LogP contribution >= 0.6 is 11.5 Å². The molecule has 0 spiro atoms. The lowest BCUT2D eigenvalue weighted by atomic mass is 9.89. The lowest BCUT2D eigenvalue weighted by molar-refractivity contribution is -0.128. The lowest BCUT2D eigenvalue weighted by Crippen LogP contribution is -2.68. The molecule has 0 radical (unpaired) electrons. The van der Waals surface area contributed by atoms with Gasteiger partial charge in [-0.1, -0.05) is 11.4 Å². The summed E-state index contributed by atoms with van der Waals surface area (Å²) in [4.78, 5) is 30.8. The predicted octanol–water partition coefficient (Wildman–Crippen LogP) is 2.16. The van der Waals surface area contributed by atoms with Crippen LogP contribution in [0.3, 0.4) is 0 Å². The largest absolute Gasteiger partial charge is 0.377 e. The summed E-state index contributed by atoms with van der Waals surface area (Å²) in [6.07, 6.45) is 3.38. The molecule has 11 heteroatoms. The maximum atomic E-state index is 13.3. The third kappa shape index (κ3) is 2.69. The number of carbonyl (C=O) groups is 1. The molecule has 0 aromatic carbocycles. The quantitative estimate of drug-likeness (QED) is 0.627. The summed E-state index contributed by atoms with van der Waals surface area (Å²) in [6, 6.07) is 2.87. The van der Waals surface area contributed by atoms with E-state index in [9.17, 15) is 9.18 Å². The Morgan fingerprint density at radius 3 is 2.93 bits per heavy atom. The highest BCUT2D eigenvalue weighted by atomic mass is 32.1. The van der Waals surface area contributed by atoms with Crippen molar-refractivity contribution < 1.29 is 13.9 Å². The number of aromatic nitrogens is 5. The third-order valence-corrected chi connectivity index (χ3v) is 6.35. The van der Waals surface area contributed by atoms with E-state index in [1.165, 1.54) is 6.07 Å². The van der Waals surface area contributed by atoms with Crippen molar-refractivity contribution in [3.05, 3.63) is 30.3 Å². The molecule has 1 saturated heterocycles. The first-order valence-corrected chi connectivity index (χ1v) is 10.3. The van der Waals surface area contributed by atoms with Crippen LogP contribution in [-0.2, 0) is 9.53 Å². The number of anilines is 2. The van der Waals surface area contributed by atoms with Crippen LogP contribution in [0.25, 0.3) is 22.1 Å². The van der Waals surface area contributed by atoms with Gasteiger partial charge in [-0.2, -0.15) is 0 Å². The molecule has 1 fully saturated rings. The number of amides is 1. The van der Waals surface area contributed by atoms with E-state index < -0.39 is 11.4 Å². The topological polar surface area (TPSA) is 97.2 Å². The van der Waals surface area contributed by atoms with Gasteiger partial charge in [0.2, 0.25) is 0 Å². The molecule has 1 atom stereocenters. The Balaban J connectivity index is 1.63. The molecule has 0 N–H and O–H groups in total. The zero-order valence-corrected chi connectivity index (χ0v) is 17.2. The lowest BCUT2D eigenvalue weighted by Gasteiger charge is -2.51. The molecule has 0 bridgehead atoms. The van der Waals surface area contributed by atoms with Crippen molar-refractivity contribution in [1.29, 1.82) is 0 Å². The van der Waals surface area contributed by atoms with Crippen LogP contribution in [0.15, 0.2) is 24.5 Å². The van der Waals surface area contributed by atoms with E-state index in [1.807, 2.05) is 11.8 Å². The van der Waals surface area contributed by atoms with Crippen LogP contribution in [0.1, 0.15) is 13.3 Å². The Kier molecular flexibility index (Phi) is 4.44. The Morgan fingerprint density at radius 1 is 1.30 bits per heavy atom. The maximum Gasteiger partial charge on any atom is 0.255 e. The normalized spacial score (nSPS) is 20.8. The van der Waals surface area contributed by atoms with Crippen molar-refractivity contribution in [3.63, 3.8) is 0 Å². The summed E-state index contributed by atoms with van der Waals surface area (Å²) >= 11 is 1.14. The van der Waals surface area contributed by atoms with E-state index in [2.05, 4.69) is 19.6 Å². The zero-order valence-electron chi connectivity index (χ0n) is 16.4. The number of hydrogen-bond acceptors (Lipinski definition) is 9. The first kappa shape index (κ1) is 18.9. The van der Waals surface area contributed by atoms with Crippen molar-refractivity contribution in [2.75, 3.05) is 36.6 Å². The van der Waals surface area contributed by atoms with E-state index in [4.69, 9.17) is 9.72 Å². The van der Waals surface area contributed by atoms with Crippen LogP contribution < -0.4 is 9.80 Å². The van der Waals surface area contributed by atoms with E-state index in [-0.39, 0.29) is 5.91 Å².